The summed E-state index contributed by atoms with van der Waals surface area (Å²) in [4.78, 5) is 14.5. The second-order valence-corrected chi connectivity index (χ2v) is 5.45. The highest BCUT2D eigenvalue weighted by molar-refractivity contribution is 5.79. The Hall–Kier alpha value is -1.39. The summed E-state index contributed by atoms with van der Waals surface area (Å²) in [5, 5.41) is 9.24. The number of hydrogen-bond donors (Lipinski definition) is 2. The van der Waals surface area contributed by atoms with E-state index in [1.807, 2.05) is 37.3 Å². The van der Waals surface area contributed by atoms with E-state index in [2.05, 4.69) is 13.8 Å². The Morgan fingerprint density at radius 1 is 1.24 bits per heavy atom. The van der Waals surface area contributed by atoms with Gasteiger partial charge in [-0.3, -0.25) is 4.79 Å². The van der Waals surface area contributed by atoms with E-state index in [9.17, 15) is 9.90 Å². The molecule has 0 bridgehead atoms. The first-order chi connectivity index (χ1) is 10.1. The van der Waals surface area contributed by atoms with Gasteiger partial charge >= 0.3 is 0 Å². The maximum atomic E-state index is 12.7. The summed E-state index contributed by atoms with van der Waals surface area (Å²) in [5.41, 5.74) is 7.21. The largest absolute Gasteiger partial charge is 0.395 e. The summed E-state index contributed by atoms with van der Waals surface area (Å²) < 4.78 is 0. The molecule has 0 fully saturated rings. The molecule has 2 atom stereocenters. The van der Waals surface area contributed by atoms with Gasteiger partial charge in [0.25, 0.3) is 0 Å². The fourth-order valence-corrected chi connectivity index (χ4v) is 2.69. The second kappa shape index (κ2) is 8.80. The van der Waals surface area contributed by atoms with Crippen LogP contribution in [0.3, 0.4) is 0 Å². The van der Waals surface area contributed by atoms with Crippen molar-refractivity contribution in [1.82, 2.24) is 4.90 Å². The molecular formula is C17H28N2O2. The zero-order valence-electron chi connectivity index (χ0n) is 13.3. The molecule has 1 rings (SSSR count). The Morgan fingerprint density at radius 3 is 2.29 bits per heavy atom. The number of hydrogen-bond acceptors (Lipinski definition) is 3. The Kier molecular flexibility index (Phi) is 7.40. The normalized spacial score (nSPS) is 14.0. The van der Waals surface area contributed by atoms with E-state index in [0.29, 0.717) is 6.54 Å². The summed E-state index contributed by atoms with van der Waals surface area (Å²) in [7, 11) is 0. The molecule has 1 aromatic carbocycles. The molecule has 1 amide bonds. The van der Waals surface area contributed by atoms with E-state index in [-0.39, 0.29) is 30.5 Å². The second-order valence-electron chi connectivity index (χ2n) is 5.45. The van der Waals surface area contributed by atoms with Gasteiger partial charge in [-0.05, 0) is 18.4 Å². The average molecular weight is 292 g/mol. The van der Waals surface area contributed by atoms with Crippen molar-refractivity contribution in [2.24, 2.45) is 11.7 Å². The molecular weight excluding hydrogens is 264 g/mol. The van der Waals surface area contributed by atoms with Crippen molar-refractivity contribution in [2.45, 2.75) is 45.7 Å². The maximum Gasteiger partial charge on any atom is 0.227 e. The molecule has 4 heteroatoms. The summed E-state index contributed by atoms with van der Waals surface area (Å²) in [5.74, 6) is -0.284. The predicted molar refractivity (Wildman–Crippen MR) is 85.7 cm³/mol. The monoisotopic (exact) mass is 292 g/mol. The molecule has 1 aromatic rings. The van der Waals surface area contributed by atoms with Crippen LogP contribution in [-0.2, 0) is 4.79 Å². The predicted octanol–water partition coefficient (Wildman–Crippen LogP) is 2.33. The fraction of sp³-hybridized carbons (Fsp3) is 0.588. The van der Waals surface area contributed by atoms with Gasteiger partial charge in [-0.15, -0.1) is 0 Å². The molecule has 0 aliphatic rings. The highest BCUT2D eigenvalue weighted by atomic mass is 16.3. The van der Waals surface area contributed by atoms with Gasteiger partial charge in [-0.25, -0.2) is 0 Å². The molecule has 0 aromatic heterocycles. The SMILES string of the molecule is CCC(CC)N(CCO)C(=O)C(C)C(N)c1ccccc1. The molecule has 0 spiro atoms. The molecule has 0 heterocycles. The van der Waals surface area contributed by atoms with Gasteiger partial charge in [0.1, 0.15) is 0 Å². The van der Waals surface area contributed by atoms with Gasteiger partial charge < -0.3 is 15.7 Å². The van der Waals surface area contributed by atoms with Gasteiger partial charge in [0.2, 0.25) is 5.91 Å². The van der Waals surface area contributed by atoms with Crippen LogP contribution in [0.5, 0.6) is 0 Å². The molecule has 4 nitrogen and oxygen atoms in total. The summed E-state index contributed by atoms with van der Waals surface area (Å²) in [6.07, 6.45) is 1.77. The van der Waals surface area contributed by atoms with Crippen molar-refractivity contribution in [3.05, 3.63) is 35.9 Å². The number of nitrogens with zero attached hydrogens (tertiary/aromatic N) is 1. The minimum atomic E-state index is -0.325. The van der Waals surface area contributed by atoms with Gasteiger partial charge in [0, 0.05) is 18.6 Å². The highest BCUT2D eigenvalue weighted by Crippen LogP contribution is 2.23. The Balaban J connectivity index is 2.87. The van der Waals surface area contributed by atoms with Gasteiger partial charge in [0.15, 0.2) is 0 Å². The summed E-state index contributed by atoms with van der Waals surface area (Å²) >= 11 is 0. The number of aliphatic hydroxyl groups excluding tert-OH is 1. The van der Waals surface area contributed by atoms with Crippen molar-refractivity contribution >= 4 is 5.91 Å². The molecule has 3 N–H and O–H groups in total. The third-order valence-electron chi connectivity index (χ3n) is 4.12. The first-order valence-corrected chi connectivity index (χ1v) is 7.78. The molecule has 21 heavy (non-hydrogen) atoms. The van der Waals surface area contributed by atoms with E-state index >= 15 is 0 Å². The average Bonchev–Trinajstić information content (AvgIpc) is 2.53. The smallest absolute Gasteiger partial charge is 0.227 e. The molecule has 0 radical (unpaired) electrons. The number of carbonyl (C=O) groups excluding carboxylic acids is 1. The van der Waals surface area contributed by atoms with E-state index < -0.39 is 0 Å². The van der Waals surface area contributed by atoms with Crippen molar-refractivity contribution in [1.29, 1.82) is 0 Å². The summed E-state index contributed by atoms with van der Waals surface area (Å²) in [6, 6.07) is 9.52. The van der Waals surface area contributed by atoms with Crippen LogP contribution in [0.4, 0.5) is 0 Å². The van der Waals surface area contributed by atoms with Crippen LogP contribution in [0.25, 0.3) is 0 Å². The van der Waals surface area contributed by atoms with Gasteiger partial charge in [-0.2, -0.15) is 0 Å². The number of benzene rings is 1. The number of rotatable bonds is 8. The maximum absolute atomic E-state index is 12.7. The fourth-order valence-electron chi connectivity index (χ4n) is 2.69. The Bertz CT molecular complexity index is 418. The molecule has 0 saturated heterocycles. The number of nitrogens with two attached hydrogens (primary N) is 1. The molecule has 0 aliphatic heterocycles. The van der Waals surface area contributed by atoms with Crippen molar-refractivity contribution in [3.8, 4) is 0 Å². The summed E-state index contributed by atoms with van der Waals surface area (Å²) in [6.45, 7) is 6.35. The lowest BCUT2D eigenvalue weighted by Crippen LogP contribution is -2.46. The lowest BCUT2D eigenvalue weighted by Gasteiger charge is -2.34. The number of aliphatic hydroxyl groups is 1. The van der Waals surface area contributed by atoms with Crippen LogP contribution >= 0.6 is 0 Å². The van der Waals surface area contributed by atoms with Crippen LogP contribution in [0.15, 0.2) is 30.3 Å². The van der Waals surface area contributed by atoms with Crippen LogP contribution in [-0.4, -0.2) is 35.1 Å². The van der Waals surface area contributed by atoms with Gasteiger partial charge in [0.05, 0.1) is 12.5 Å². The molecule has 0 saturated carbocycles. The highest BCUT2D eigenvalue weighted by Gasteiger charge is 2.29. The third kappa shape index (κ3) is 4.55. The molecule has 0 aliphatic carbocycles. The van der Waals surface area contributed by atoms with Crippen LogP contribution in [0.1, 0.15) is 45.2 Å². The zero-order valence-corrected chi connectivity index (χ0v) is 13.3. The van der Waals surface area contributed by atoms with Crippen LogP contribution < -0.4 is 5.73 Å². The number of carbonyl (C=O) groups is 1. The van der Waals surface area contributed by atoms with Gasteiger partial charge in [-0.1, -0.05) is 51.1 Å². The third-order valence-corrected chi connectivity index (χ3v) is 4.12. The standard InChI is InChI=1S/C17H28N2O2/c1-4-15(5-2)19(11-12-20)17(21)13(3)16(18)14-9-7-6-8-10-14/h6-10,13,15-16,20H,4-5,11-12,18H2,1-3H3. The van der Waals surface area contributed by atoms with E-state index in [1.54, 1.807) is 4.90 Å². The topological polar surface area (TPSA) is 66.6 Å². The Morgan fingerprint density at radius 2 is 1.81 bits per heavy atom. The molecule has 118 valence electrons. The van der Waals surface area contributed by atoms with Crippen LogP contribution in [0, 0.1) is 5.92 Å². The zero-order chi connectivity index (χ0) is 15.8. The van der Waals surface area contributed by atoms with E-state index in [4.69, 9.17) is 5.73 Å². The number of amides is 1. The molecule has 2 unspecified atom stereocenters. The van der Waals surface area contributed by atoms with Crippen molar-refractivity contribution < 1.29 is 9.90 Å². The lowest BCUT2D eigenvalue weighted by atomic mass is 9.93. The van der Waals surface area contributed by atoms with Crippen molar-refractivity contribution in [2.75, 3.05) is 13.2 Å². The van der Waals surface area contributed by atoms with E-state index in [1.165, 1.54) is 0 Å². The van der Waals surface area contributed by atoms with Crippen LogP contribution in [0.2, 0.25) is 0 Å². The lowest BCUT2D eigenvalue weighted by molar-refractivity contribution is -0.139. The quantitative estimate of drug-likeness (QED) is 0.773. The Labute approximate surface area is 128 Å². The minimum Gasteiger partial charge on any atom is -0.395 e. The van der Waals surface area contributed by atoms with Crippen molar-refractivity contribution in [3.63, 3.8) is 0 Å². The first-order valence-electron chi connectivity index (χ1n) is 7.78. The van der Waals surface area contributed by atoms with E-state index in [0.717, 1.165) is 18.4 Å². The first kappa shape index (κ1) is 17.7. The minimum absolute atomic E-state index is 0.0183.